The first-order valence-electron chi connectivity index (χ1n) is 7.25. The molecule has 0 radical (unpaired) electrons. The number of benzene rings is 2. The number of amides is 1. The van der Waals surface area contributed by atoms with E-state index in [9.17, 15) is 13.2 Å². The minimum atomic E-state index is -3.60. The van der Waals surface area contributed by atoms with E-state index in [1.54, 1.807) is 12.1 Å². The number of aliphatic imine (C=N–C) groups is 1. The first-order valence-corrected chi connectivity index (χ1v) is 9.14. The Hall–Kier alpha value is -2.91. The lowest BCUT2D eigenvalue weighted by Crippen LogP contribution is -2.24. The lowest BCUT2D eigenvalue weighted by atomic mass is 10.1. The van der Waals surface area contributed by atoms with Crippen molar-refractivity contribution in [2.24, 2.45) is 22.2 Å². The van der Waals surface area contributed by atoms with Crippen LogP contribution < -0.4 is 22.5 Å². The van der Waals surface area contributed by atoms with Crippen LogP contribution in [-0.2, 0) is 16.4 Å². The molecule has 2 aromatic carbocycles. The molecule has 0 aliphatic carbocycles. The molecule has 8 nitrogen and oxygen atoms in total. The van der Waals surface area contributed by atoms with Gasteiger partial charge in [0.15, 0.2) is 15.8 Å². The number of carbonyl (C=O) groups is 1. The highest BCUT2D eigenvalue weighted by Crippen LogP contribution is 2.27. The van der Waals surface area contributed by atoms with Gasteiger partial charge < -0.3 is 22.5 Å². The number of anilines is 2. The van der Waals surface area contributed by atoms with Crippen molar-refractivity contribution in [3.8, 4) is 0 Å². The summed E-state index contributed by atoms with van der Waals surface area (Å²) in [7, 11) is -3.60. The number of nitrogens with one attached hydrogen (secondary N) is 1. The van der Waals surface area contributed by atoms with Crippen molar-refractivity contribution in [1.82, 2.24) is 0 Å². The molecule has 9 heteroatoms. The zero-order chi connectivity index (χ0) is 18.6. The van der Waals surface area contributed by atoms with Gasteiger partial charge in [0, 0.05) is 24.1 Å². The van der Waals surface area contributed by atoms with E-state index in [2.05, 4.69) is 10.3 Å². The fraction of sp³-hybridized carbons (Fsp3) is 0.125. The van der Waals surface area contributed by atoms with Gasteiger partial charge in [0.25, 0.3) is 5.91 Å². The lowest BCUT2D eigenvalue weighted by Gasteiger charge is -2.13. The summed E-state index contributed by atoms with van der Waals surface area (Å²) in [6, 6.07) is 11.4. The molecule has 0 spiro atoms. The standard InChI is InChI=1S/C16H19N5O3S/c1-25(23,24)14-8-11(15(22)21-16(18)19)5-6-13(14)20-12-4-2-3-10(7-12)9-17/h2-8,20H,9,17H2,1H3,(H4,18,19,21,22). The highest BCUT2D eigenvalue weighted by atomic mass is 32.2. The second kappa shape index (κ2) is 7.32. The Morgan fingerprint density at radius 1 is 1.16 bits per heavy atom. The molecule has 2 aromatic rings. The van der Waals surface area contributed by atoms with Crippen LogP contribution in [0.1, 0.15) is 15.9 Å². The van der Waals surface area contributed by atoms with Gasteiger partial charge in [-0.1, -0.05) is 12.1 Å². The molecular weight excluding hydrogens is 342 g/mol. The molecule has 0 saturated heterocycles. The van der Waals surface area contributed by atoms with Crippen LogP contribution in [0.3, 0.4) is 0 Å². The number of carbonyl (C=O) groups excluding carboxylic acids is 1. The zero-order valence-corrected chi connectivity index (χ0v) is 14.4. The van der Waals surface area contributed by atoms with Crippen molar-refractivity contribution in [3.05, 3.63) is 53.6 Å². The van der Waals surface area contributed by atoms with Crippen LogP contribution in [0.2, 0.25) is 0 Å². The average Bonchev–Trinajstić information content (AvgIpc) is 2.53. The Morgan fingerprint density at radius 2 is 1.88 bits per heavy atom. The largest absolute Gasteiger partial charge is 0.370 e. The molecule has 0 aromatic heterocycles. The molecule has 0 aliphatic heterocycles. The summed E-state index contributed by atoms with van der Waals surface area (Å²) < 4.78 is 24.2. The van der Waals surface area contributed by atoms with E-state index in [4.69, 9.17) is 17.2 Å². The second-order valence-electron chi connectivity index (χ2n) is 5.35. The predicted octanol–water partition coefficient (Wildman–Crippen LogP) is 0.706. The molecule has 0 heterocycles. The Bertz CT molecular complexity index is 935. The first kappa shape index (κ1) is 18.4. The molecule has 0 fully saturated rings. The minimum absolute atomic E-state index is 0.0395. The van der Waals surface area contributed by atoms with Gasteiger partial charge in [-0.25, -0.2) is 8.42 Å². The third-order valence-corrected chi connectivity index (χ3v) is 4.44. The van der Waals surface area contributed by atoms with Crippen molar-refractivity contribution < 1.29 is 13.2 Å². The average molecular weight is 361 g/mol. The monoisotopic (exact) mass is 361 g/mol. The normalized spacial score (nSPS) is 11.0. The molecule has 0 saturated carbocycles. The maximum absolute atomic E-state index is 12.1. The van der Waals surface area contributed by atoms with Gasteiger partial charge >= 0.3 is 0 Å². The smallest absolute Gasteiger partial charge is 0.280 e. The van der Waals surface area contributed by atoms with Crippen molar-refractivity contribution in [2.45, 2.75) is 11.4 Å². The van der Waals surface area contributed by atoms with E-state index < -0.39 is 21.7 Å². The van der Waals surface area contributed by atoms with Gasteiger partial charge in [-0.15, -0.1) is 0 Å². The summed E-state index contributed by atoms with van der Waals surface area (Å²) in [4.78, 5) is 15.3. The van der Waals surface area contributed by atoms with Crippen LogP contribution in [0.25, 0.3) is 0 Å². The van der Waals surface area contributed by atoms with E-state index in [0.29, 0.717) is 17.9 Å². The van der Waals surface area contributed by atoms with Crippen LogP contribution in [0, 0.1) is 0 Å². The minimum Gasteiger partial charge on any atom is -0.370 e. The van der Waals surface area contributed by atoms with E-state index >= 15 is 0 Å². The molecule has 0 unspecified atom stereocenters. The summed E-state index contributed by atoms with van der Waals surface area (Å²) in [5, 5.41) is 3.03. The van der Waals surface area contributed by atoms with Crippen molar-refractivity contribution in [1.29, 1.82) is 0 Å². The van der Waals surface area contributed by atoms with E-state index in [0.717, 1.165) is 11.8 Å². The van der Waals surface area contributed by atoms with Crippen molar-refractivity contribution >= 4 is 33.1 Å². The number of guanidine groups is 1. The van der Waals surface area contributed by atoms with Crippen LogP contribution >= 0.6 is 0 Å². The SMILES string of the molecule is CS(=O)(=O)c1cc(C(=O)N=C(N)N)ccc1Nc1cccc(CN)c1. The number of hydrogen-bond donors (Lipinski definition) is 4. The molecule has 25 heavy (non-hydrogen) atoms. The molecule has 0 bridgehead atoms. The summed E-state index contributed by atoms with van der Waals surface area (Å²) >= 11 is 0. The van der Waals surface area contributed by atoms with Crippen LogP contribution in [-0.4, -0.2) is 26.5 Å². The number of rotatable bonds is 5. The quantitative estimate of drug-likeness (QED) is 0.451. The molecule has 0 aliphatic rings. The van der Waals surface area contributed by atoms with Gasteiger partial charge in [0.2, 0.25) is 0 Å². The summed E-state index contributed by atoms with van der Waals surface area (Å²) in [5.41, 5.74) is 17.9. The Labute approximate surface area is 145 Å². The second-order valence-corrected chi connectivity index (χ2v) is 7.34. The Kier molecular flexibility index (Phi) is 5.40. The van der Waals surface area contributed by atoms with Crippen LogP contribution in [0.4, 0.5) is 11.4 Å². The summed E-state index contributed by atoms with van der Waals surface area (Å²) in [6.07, 6.45) is 1.05. The van der Waals surface area contributed by atoms with Crippen molar-refractivity contribution in [2.75, 3.05) is 11.6 Å². The third-order valence-electron chi connectivity index (χ3n) is 3.30. The van der Waals surface area contributed by atoms with E-state index in [1.807, 2.05) is 12.1 Å². The highest BCUT2D eigenvalue weighted by molar-refractivity contribution is 7.90. The van der Waals surface area contributed by atoms with Gasteiger partial charge in [0.1, 0.15) is 0 Å². The highest BCUT2D eigenvalue weighted by Gasteiger charge is 2.17. The topological polar surface area (TPSA) is 154 Å². The van der Waals surface area contributed by atoms with Gasteiger partial charge in [0.05, 0.1) is 10.6 Å². The third kappa shape index (κ3) is 4.78. The number of nitrogens with two attached hydrogens (primary N) is 3. The van der Waals surface area contributed by atoms with E-state index in [-0.39, 0.29) is 10.5 Å². The molecular formula is C16H19N5O3S. The van der Waals surface area contributed by atoms with Crippen LogP contribution in [0.5, 0.6) is 0 Å². The maximum Gasteiger partial charge on any atom is 0.280 e. The first-order chi connectivity index (χ1) is 11.7. The maximum atomic E-state index is 12.1. The van der Waals surface area contributed by atoms with Gasteiger partial charge in [-0.05, 0) is 35.9 Å². The summed E-state index contributed by atoms with van der Waals surface area (Å²) in [5.74, 6) is -1.12. The molecule has 7 N–H and O–H groups in total. The summed E-state index contributed by atoms with van der Waals surface area (Å²) in [6.45, 7) is 0.362. The fourth-order valence-corrected chi connectivity index (χ4v) is 3.04. The molecule has 132 valence electrons. The number of sulfone groups is 1. The van der Waals surface area contributed by atoms with Gasteiger partial charge in [-0.2, -0.15) is 4.99 Å². The lowest BCUT2D eigenvalue weighted by molar-refractivity contribution is 0.100. The molecule has 2 rings (SSSR count). The van der Waals surface area contributed by atoms with Crippen LogP contribution in [0.15, 0.2) is 52.4 Å². The molecule has 0 atom stereocenters. The Balaban J connectivity index is 2.47. The predicted molar refractivity (Wildman–Crippen MR) is 97.3 cm³/mol. The van der Waals surface area contributed by atoms with E-state index in [1.165, 1.54) is 18.2 Å². The van der Waals surface area contributed by atoms with Crippen molar-refractivity contribution in [3.63, 3.8) is 0 Å². The number of nitrogens with zero attached hydrogens (tertiary/aromatic N) is 1. The van der Waals surface area contributed by atoms with Gasteiger partial charge in [-0.3, -0.25) is 4.79 Å². The zero-order valence-electron chi connectivity index (χ0n) is 13.6. The molecule has 1 amide bonds. The fourth-order valence-electron chi connectivity index (χ4n) is 2.18. The Morgan fingerprint density at radius 3 is 2.48 bits per heavy atom. The number of hydrogen-bond acceptors (Lipinski definition) is 5.